The van der Waals surface area contributed by atoms with Crippen molar-refractivity contribution >= 4 is 27.7 Å². The fourth-order valence-corrected chi connectivity index (χ4v) is 2.42. The summed E-state index contributed by atoms with van der Waals surface area (Å²) in [5, 5.41) is 5.02. The third-order valence-electron chi connectivity index (χ3n) is 2.80. The van der Waals surface area contributed by atoms with Crippen molar-refractivity contribution in [1.82, 2.24) is 9.21 Å². The van der Waals surface area contributed by atoms with Crippen molar-refractivity contribution in [2.45, 2.75) is 13.8 Å². The van der Waals surface area contributed by atoms with Gasteiger partial charge in [0.05, 0.1) is 5.41 Å². The maximum absolute atomic E-state index is 12.0. The average Bonchev–Trinajstić information content (AvgIpc) is 2.27. The molecule has 1 aliphatic heterocycles. The first-order valence-corrected chi connectivity index (χ1v) is 7.35. The van der Waals surface area contributed by atoms with Gasteiger partial charge in [-0.05, 0) is 13.8 Å². The molecule has 1 rings (SSSR count). The minimum atomic E-state index is -3.65. The molecule has 6 nitrogen and oxygen atoms in total. The van der Waals surface area contributed by atoms with E-state index in [4.69, 9.17) is 16.7 Å². The van der Waals surface area contributed by atoms with Crippen molar-refractivity contribution in [1.29, 1.82) is 0 Å². The topological polar surface area (TPSA) is 83.7 Å². The first kappa shape index (κ1) is 14.7. The average molecular weight is 284 g/mol. The first-order valence-electron chi connectivity index (χ1n) is 5.32. The number of nitrogens with zero attached hydrogens (tertiary/aromatic N) is 2. The third-order valence-corrected chi connectivity index (χ3v) is 4.55. The summed E-state index contributed by atoms with van der Waals surface area (Å²) in [6.45, 7) is 4.74. The monoisotopic (exact) mass is 283 g/mol. The van der Waals surface area contributed by atoms with Crippen molar-refractivity contribution in [3.8, 4) is 0 Å². The molecule has 100 valence electrons. The molecule has 8 heteroatoms. The zero-order chi connectivity index (χ0) is 13.3. The predicted molar refractivity (Wildman–Crippen MR) is 65.8 cm³/mol. The molecule has 1 saturated heterocycles. The fourth-order valence-electron chi connectivity index (χ4n) is 1.63. The standard InChI is InChI=1S/C9H18ClN3O3S/c1-9(2,7-10)8(14)12-3-5-13(6-4-12)17(11,15)16/h3-7H2,1-2H3,(H2,11,15,16). The maximum atomic E-state index is 12.0. The highest BCUT2D eigenvalue weighted by atomic mass is 35.5. The van der Waals surface area contributed by atoms with E-state index in [1.54, 1.807) is 18.7 Å². The van der Waals surface area contributed by atoms with Crippen LogP contribution in [0, 0.1) is 5.41 Å². The van der Waals surface area contributed by atoms with E-state index in [1.807, 2.05) is 0 Å². The van der Waals surface area contributed by atoms with Crippen molar-refractivity contribution in [2.24, 2.45) is 10.6 Å². The van der Waals surface area contributed by atoms with Crippen molar-refractivity contribution in [3.05, 3.63) is 0 Å². The number of piperazine rings is 1. The summed E-state index contributed by atoms with van der Waals surface area (Å²) in [4.78, 5) is 13.7. The van der Waals surface area contributed by atoms with Crippen LogP contribution in [0.3, 0.4) is 0 Å². The molecule has 0 aromatic heterocycles. The highest BCUT2D eigenvalue weighted by Crippen LogP contribution is 2.21. The number of carbonyl (C=O) groups is 1. The van der Waals surface area contributed by atoms with Gasteiger partial charge in [0.2, 0.25) is 5.91 Å². The van der Waals surface area contributed by atoms with Gasteiger partial charge >= 0.3 is 0 Å². The Hall–Kier alpha value is -0.370. The van der Waals surface area contributed by atoms with E-state index in [0.717, 1.165) is 0 Å². The van der Waals surface area contributed by atoms with Gasteiger partial charge < -0.3 is 4.90 Å². The van der Waals surface area contributed by atoms with Gasteiger partial charge in [-0.1, -0.05) is 0 Å². The van der Waals surface area contributed by atoms with Gasteiger partial charge in [0.1, 0.15) is 0 Å². The number of hydrogen-bond acceptors (Lipinski definition) is 3. The Morgan fingerprint density at radius 1 is 1.29 bits per heavy atom. The second kappa shape index (κ2) is 5.09. The van der Waals surface area contributed by atoms with Crippen LogP contribution in [0.4, 0.5) is 0 Å². The van der Waals surface area contributed by atoms with E-state index in [9.17, 15) is 13.2 Å². The molecule has 2 N–H and O–H groups in total. The van der Waals surface area contributed by atoms with Gasteiger partial charge in [0.15, 0.2) is 0 Å². The van der Waals surface area contributed by atoms with Gasteiger partial charge in [-0.15, -0.1) is 11.6 Å². The Balaban J connectivity index is 2.62. The van der Waals surface area contributed by atoms with Crippen LogP contribution in [0.15, 0.2) is 0 Å². The number of amides is 1. The number of nitrogens with two attached hydrogens (primary N) is 1. The molecule has 0 bridgehead atoms. The lowest BCUT2D eigenvalue weighted by molar-refractivity contribution is -0.140. The molecule has 17 heavy (non-hydrogen) atoms. The minimum Gasteiger partial charge on any atom is -0.340 e. The molecule has 0 saturated carbocycles. The van der Waals surface area contributed by atoms with Crippen molar-refractivity contribution in [2.75, 3.05) is 32.1 Å². The van der Waals surface area contributed by atoms with Crippen LogP contribution in [-0.4, -0.2) is 55.6 Å². The molecule has 1 fully saturated rings. The molecule has 0 radical (unpaired) electrons. The molecule has 1 aliphatic rings. The maximum Gasteiger partial charge on any atom is 0.277 e. The van der Waals surface area contributed by atoms with Crippen LogP contribution in [0.5, 0.6) is 0 Å². The summed E-state index contributed by atoms with van der Waals surface area (Å²) in [5.41, 5.74) is -0.620. The Morgan fingerprint density at radius 3 is 2.12 bits per heavy atom. The Labute approximate surface area is 107 Å². The lowest BCUT2D eigenvalue weighted by atomic mass is 9.94. The second-order valence-electron chi connectivity index (χ2n) is 4.75. The summed E-state index contributed by atoms with van der Waals surface area (Å²) < 4.78 is 23.4. The van der Waals surface area contributed by atoms with Crippen LogP contribution >= 0.6 is 11.6 Å². The van der Waals surface area contributed by atoms with Crippen LogP contribution < -0.4 is 5.14 Å². The zero-order valence-corrected chi connectivity index (χ0v) is 11.6. The summed E-state index contributed by atoms with van der Waals surface area (Å²) >= 11 is 5.73. The number of hydrogen-bond donors (Lipinski definition) is 1. The molecule has 0 aromatic rings. The smallest absolute Gasteiger partial charge is 0.277 e. The molecule has 1 heterocycles. The lowest BCUT2D eigenvalue weighted by Gasteiger charge is -2.36. The van der Waals surface area contributed by atoms with Crippen LogP contribution in [0.25, 0.3) is 0 Å². The number of halogens is 1. The van der Waals surface area contributed by atoms with Gasteiger partial charge in [0.25, 0.3) is 10.2 Å². The highest BCUT2D eigenvalue weighted by molar-refractivity contribution is 7.86. The van der Waals surface area contributed by atoms with Gasteiger partial charge in [-0.3, -0.25) is 4.79 Å². The largest absolute Gasteiger partial charge is 0.340 e. The SMILES string of the molecule is CC(C)(CCl)C(=O)N1CCN(S(N)(=O)=O)CC1. The van der Waals surface area contributed by atoms with E-state index in [2.05, 4.69) is 0 Å². The van der Waals surface area contributed by atoms with E-state index in [-0.39, 0.29) is 24.9 Å². The summed E-state index contributed by atoms with van der Waals surface area (Å²) in [6.07, 6.45) is 0. The minimum absolute atomic E-state index is 0.0541. The van der Waals surface area contributed by atoms with Crippen LogP contribution in [-0.2, 0) is 15.0 Å². The van der Waals surface area contributed by atoms with Crippen molar-refractivity contribution in [3.63, 3.8) is 0 Å². The normalized spacial score (nSPS) is 19.4. The van der Waals surface area contributed by atoms with Crippen molar-refractivity contribution < 1.29 is 13.2 Å². The van der Waals surface area contributed by atoms with Crippen LogP contribution in [0.2, 0.25) is 0 Å². The van der Waals surface area contributed by atoms with E-state index in [0.29, 0.717) is 13.1 Å². The molecular weight excluding hydrogens is 266 g/mol. The molecule has 0 unspecified atom stereocenters. The van der Waals surface area contributed by atoms with E-state index in [1.165, 1.54) is 4.31 Å². The summed E-state index contributed by atoms with van der Waals surface area (Å²) in [5.74, 6) is 0.183. The zero-order valence-electron chi connectivity index (χ0n) is 10.0. The highest BCUT2D eigenvalue weighted by Gasteiger charge is 2.34. The quantitative estimate of drug-likeness (QED) is 0.715. The van der Waals surface area contributed by atoms with E-state index >= 15 is 0 Å². The van der Waals surface area contributed by atoms with Gasteiger partial charge in [0, 0.05) is 32.1 Å². The molecule has 1 amide bonds. The summed E-state index contributed by atoms with van der Waals surface area (Å²) in [6, 6.07) is 0. The predicted octanol–water partition coefficient (Wildman–Crippen LogP) is -0.401. The first-order chi connectivity index (χ1) is 7.68. The molecular formula is C9H18ClN3O3S. The van der Waals surface area contributed by atoms with Gasteiger partial charge in [-0.25, -0.2) is 5.14 Å². The Bertz CT molecular complexity index is 388. The number of rotatable bonds is 3. The van der Waals surface area contributed by atoms with Crippen LogP contribution in [0.1, 0.15) is 13.8 Å². The molecule has 0 aliphatic carbocycles. The Morgan fingerprint density at radius 2 is 1.76 bits per heavy atom. The second-order valence-corrected chi connectivity index (χ2v) is 6.57. The number of alkyl halides is 1. The molecule has 0 atom stereocenters. The summed E-state index contributed by atoms with van der Waals surface area (Å²) in [7, 11) is -3.65. The number of carbonyl (C=O) groups excluding carboxylic acids is 1. The molecule has 0 spiro atoms. The fraction of sp³-hybridized carbons (Fsp3) is 0.889. The lowest BCUT2D eigenvalue weighted by Crippen LogP contribution is -2.54. The van der Waals surface area contributed by atoms with Gasteiger partial charge in [-0.2, -0.15) is 12.7 Å². The Kier molecular flexibility index (Phi) is 4.40. The van der Waals surface area contributed by atoms with E-state index < -0.39 is 15.6 Å². The molecule has 0 aromatic carbocycles. The third kappa shape index (κ3) is 3.54.